The normalized spacial score (nSPS) is 9.15. The largest absolute Gasteiger partial charge is 0.655 e. The summed E-state index contributed by atoms with van der Waals surface area (Å²) < 4.78 is 5.08. The van der Waals surface area contributed by atoms with Crippen molar-refractivity contribution in [2.45, 2.75) is 76.0 Å². The topological polar surface area (TPSA) is 112 Å². The smallest absolute Gasteiger partial charge is 0.347 e. The summed E-state index contributed by atoms with van der Waals surface area (Å²) in [7, 11) is 3.14. The van der Waals surface area contributed by atoms with Crippen molar-refractivity contribution in [1.82, 2.24) is 0 Å². The summed E-state index contributed by atoms with van der Waals surface area (Å²) >= 11 is 0. The fourth-order valence-corrected chi connectivity index (χ4v) is 1.04. The molecule has 0 aromatic carbocycles. The molecule has 0 aliphatic heterocycles. The van der Waals surface area contributed by atoms with Gasteiger partial charge in [-0.15, -0.1) is 0 Å². The van der Waals surface area contributed by atoms with E-state index in [1.54, 1.807) is 21.0 Å². The summed E-state index contributed by atoms with van der Waals surface area (Å²) in [6, 6.07) is 0. The predicted molar refractivity (Wildman–Crippen MR) is 107 cm³/mol. The number of ether oxygens (including phenoxy) is 1. The molecule has 0 aliphatic rings. The maximum atomic E-state index is 11.2. The SMILES string of the molecule is C.C.C.C.CC(=O)[B]C(=O)O.COC(C)C(C)(C)[N-]C(=O)[B]C(C)=O.[Y]. The molecule has 1 atom stereocenters. The van der Waals surface area contributed by atoms with Crippen LogP contribution in [0.5, 0.6) is 0 Å². The fraction of sp³-hybridized carbons (Fsp3) is 0.750. The zero-order valence-electron chi connectivity index (χ0n) is 13.7. The van der Waals surface area contributed by atoms with Crippen molar-refractivity contribution in [2.75, 3.05) is 7.11 Å². The van der Waals surface area contributed by atoms with E-state index in [9.17, 15) is 19.2 Å². The number of methoxy groups -OCH3 is 1. The molecule has 10 heteroatoms. The first kappa shape index (κ1) is 44.7. The van der Waals surface area contributed by atoms with Gasteiger partial charge in [0, 0.05) is 51.7 Å². The second kappa shape index (κ2) is 22.5. The summed E-state index contributed by atoms with van der Waals surface area (Å²) in [5.41, 5.74) is -1.34. The molecule has 0 spiro atoms. The summed E-state index contributed by atoms with van der Waals surface area (Å²) in [5, 5.41) is 11.7. The first-order valence-corrected chi connectivity index (χ1v) is 6.15. The van der Waals surface area contributed by atoms with E-state index in [1.165, 1.54) is 13.8 Å². The monoisotopic (exact) mass is 449 g/mol. The van der Waals surface area contributed by atoms with Gasteiger partial charge >= 0.3 is 7.28 Å². The van der Waals surface area contributed by atoms with E-state index in [2.05, 4.69) is 5.32 Å². The molecule has 0 fully saturated rings. The van der Waals surface area contributed by atoms with Crippen LogP contribution in [0.3, 0.4) is 0 Å². The Morgan fingerprint density at radius 2 is 1.31 bits per heavy atom. The van der Waals surface area contributed by atoms with E-state index >= 15 is 0 Å². The molecule has 0 aromatic rings. The van der Waals surface area contributed by atoms with E-state index < -0.39 is 22.9 Å². The van der Waals surface area contributed by atoms with E-state index in [0.717, 1.165) is 7.28 Å². The van der Waals surface area contributed by atoms with Gasteiger partial charge in [-0.3, -0.25) is 4.79 Å². The number of carbonyl (C=O) groups is 4. The minimum atomic E-state index is -1.19. The molecule has 0 aromatic heterocycles. The number of hydrogen-bond acceptors (Lipinski definition) is 5. The quantitative estimate of drug-likeness (QED) is 0.589. The number of carbonyl (C=O) groups excluding carboxylic acids is 3. The standard InChI is InChI=1S/C9H17BNO3.C3H4BO3.4CH4.Y/c1-6(14-5)9(3,4)11-8(13)10-7(2)12;1-2(5)4-3(6)7;;;;;/h6H,1-5H3,(H,11,13);1H3,(H,6,7);4*1H4;/p-1. The zero-order chi connectivity index (χ0) is 17.2. The van der Waals surface area contributed by atoms with Crippen LogP contribution in [0.4, 0.5) is 9.59 Å². The maximum Gasteiger partial charge on any atom is 0.347 e. The van der Waals surface area contributed by atoms with E-state index in [-0.39, 0.29) is 74.2 Å². The Hall–Kier alpha value is -0.526. The van der Waals surface area contributed by atoms with Crippen molar-refractivity contribution in [1.29, 1.82) is 0 Å². The van der Waals surface area contributed by atoms with Crippen LogP contribution in [0.25, 0.3) is 5.32 Å². The van der Waals surface area contributed by atoms with Crippen molar-refractivity contribution < 1.29 is 61.7 Å². The Kier molecular flexibility index (Phi) is 38.7. The Morgan fingerprint density at radius 1 is 0.962 bits per heavy atom. The molecular weight excluding hydrogens is 413 g/mol. The molecular formula is C16H36B2NO6Y-. The summed E-state index contributed by atoms with van der Waals surface area (Å²) in [4.78, 5) is 41.2. The minimum absolute atomic E-state index is 0. The van der Waals surface area contributed by atoms with Gasteiger partial charge in [0.15, 0.2) is 0 Å². The van der Waals surface area contributed by atoms with Crippen LogP contribution >= 0.6 is 0 Å². The van der Waals surface area contributed by atoms with Gasteiger partial charge in [0.1, 0.15) is 0 Å². The van der Waals surface area contributed by atoms with E-state index in [1.807, 2.05) is 6.92 Å². The molecule has 3 radical (unpaired) electrons. The minimum Gasteiger partial charge on any atom is -0.655 e. The second-order valence-electron chi connectivity index (χ2n) is 4.83. The van der Waals surface area contributed by atoms with Crippen LogP contribution in [0.15, 0.2) is 0 Å². The molecule has 0 rings (SSSR count). The second-order valence-corrected chi connectivity index (χ2v) is 4.83. The van der Waals surface area contributed by atoms with Gasteiger partial charge in [0.25, 0.3) is 13.1 Å². The number of hydrogen-bond donors (Lipinski definition) is 1. The third-order valence-electron chi connectivity index (χ3n) is 2.40. The molecule has 0 bridgehead atoms. The van der Waals surface area contributed by atoms with E-state index in [0.29, 0.717) is 7.28 Å². The predicted octanol–water partition coefficient (Wildman–Crippen LogP) is 4.00. The third kappa shape index (κ3) is 28.3. The van der Waals surface area contributed by atoms with Crippen molar-refractivity contribution >= 4 is 37.6 Å². The molecule has 7 nitrogen and oxygen atoms in total. The zero-order valence-corrected chi connectivity index (χ0v) is 16.6. The average molecular weight is 449 g/mol. The fourth-order valence-electron chi connectivity index (χ4n) is 1.04. The van der Waals surface area contributed by atoms with Crippen molar-refractivity contribution in [2.24, 2.45) is 0 Å². The van der Waals surface area contributed by atoms with Gasteiger partial charge in [0.2, 0.25) is 0 Å². The Labute approximate surface area is 187 Å². The van der Waals surface area contributed by atoms with Crippen LogP contribution in [-0.4, -0.2) is 61.5 Å². The molecule has 0 saturated carbocycles. The summed E-state index contributed by atoms with van der Waals surface area (Å²) in [6.07, 6.45) is -0.174. The van der Waals surface area contributed by atoms with Gasteiger partial charge in [-0.05, 0) is 20.8 Å². The first-order valence-electron chi connectivity index (χ1n) is 6.15. The van der Waals surface area contributed by atoms with Crippen molar-refractivity contribution in [3.8, 4) is 0 Å². The summed E-state index contributed by atoms with van der Waals surface area (Å²) in [5.74, 6) is -1.70. The average Bonchev–Trinajstić information content (AvgIpc) is 2.24. The summed E-state index contributed by atoms with van der Waals surface area (Å²) in [6.45, 7) is 7.90. The Balaban J connectivity index is -0.0000000532. The van der Waals surface area contributed by atoms with Gasteiger partial charge < -0.3 is 29.5 Å². The Morgan fingerprint density at radius 3 is 1.50 bits per heavy atom. The third-order valence-corrected chi connectivity index (χ3v) is 2.40. The van der Waals surface area contributed by atoms with E-state index in [4.69, 9.17) is 9.84 Å². The van der Waals surface area contributed by atoms with Crippen LogP contribution in [0.1, 0.15) is 64.3 Å². The number of amides is 1. The van der Waals surface area contributed by atoms with Crippen LogP contribution in [0, 0.1) is 0 Å². The molecule has 26 heavy (non-hydrogen) atoms. The molecule has 1 amide bonds. The van der Waals surface area contributed by atoms with Gasteiger partial charge in [0.05, 0.1) is 11.4 Å². The number of nitrogens with zero attached hydrogens (tertiary/aromatic N) is 1. The van der Waals surface area contributed by atoms with Crippen molar-refractivity contribution in [3.05, 3.63) is 5.32 Å². The van der Waals surface area contributed by atoms with Crippen LogP contribution < -0.4 is 0 Å². The molecule has 151 valence electrons. The van der Waals surface area contributed by atoms with Gasteiger partial charge in [-0.1, -0.05) is 49.1 Å². The van der Waals surface area contributed by atoms with Gasteiger partial charge in [-0.2, -0.15) is 0 Å². The van der Waals surface area contributed by atoms with Crippen LogP contribution in [-0.2, 0) is 47.0 Å². The molecule has 0 aliphatic carbocycles. The number of carboxylic acid groups (broad SMARTS) is 1. The molecule has 0 heterocycles. The Bertz CT molecular complexity index is 394. The molecule has 1 N–H and O–H groups in total. The first-order chi connectivity index (χ1) is 9.42. The maximum absolute atomic E-state index is 11.2. The molecule has 1 unspecified atom stereocenters. The van der Waals surface area contributed by atoms with Crippen LogP contribution in [0.2, 0.25) is 0 Å². The molecule has 0 saturated heterocycles. The number of rotatable bonds is 7. The van der Waals surface area contributed by atoms with Gasteiger partial charge in [-0.25, -0.2) is 0 Å². The van der Waals surface area contributed by atoms with Crippen molar-refractivity contribution in [3.63, 3.8) is 0 Å².